The van der Waals surface area contributed by atoms with Gasteiger partial charge >= 0.3 is 7.60 Å². The molecule has 0 unspecified atom stereocenters. The van der Waals surface area contributed by atoms with E-state index in [-0.39, 0.29) is 0 Å². The van der Waals surface area contributed by atoms with Crippen molar-refractivity contribution in [1.29, 1.82) is 0 Å². The van der Waals surface area contributed by atoms with E-state index >= 15 is 0 Å². The van der Waals surface area contributed by atoms with Crippen LogP contribution in [0, 0.1) is 0 Å². The molecular weight excluding hydrogens is 147 g/mol. The fourth-order valence-electron chi connectivity index (χ4n) is 0.281. The van der Waals surface area contributed by atoms with Crippen molar-refractivity contribution in [1.82, 2.24) is 0 Å². The largest absolute Gasteiger partial charge is 0.390 e. The molecule has 2 atom stereocenters. The molecule has 6 heteroatoms. The summed E-state index contributed by atoms with van der Waals surface area (Å²) < 4.78 is 10.1. The molecule has 0 amide bonds. The van der Waals surface area contributed by atoms with Gasteiger partial charge in [0, 0.05) is 0 Å². The minimum atomic E-state index is -4.51. The lowest BCUT2D eigenvalue weighted by Gasteiger charge is -2.13. The standard InChI is InChI=1S/C3H9O5P/c1-2(4)3(5)9(6,7)8/h2-5H,1H3,(H2,6,7,8)/t2-,3+/m0/s1. The molecule has 0 aliphatic heterocycles. The highest BCUT2D eigenvalue weighted by Crippen LogP contribution is 2.40. The van der Waals surface area contributed by atoms with E-state index in [4.69, 9.17) is 20.0 Å². The zero-order valence-electron chi connectivity index (χ0n) is 4.80. The quantitative estimate of drug-likeness (QED) is 0.379. The number of hydrogen-bond donors (Lipinski definition) is 4. The maximum Gasteiger partial charge on any atom is 0.356 e. The van der Waals surface area contributed by atoms with Crippen LogP contribution in [0.2, 0.25) is 0 Å². The predicted octanol–water partition coefficient (Wildman–Crippen LogP) is -1.14. The summed E-state index contributed by atoms with van der Waals surface area (Å²) in [6.07, 6.45) is -1.40. The minimum Gasteiger partial charge on any atom is -0.390 e. The summed E-state index contributed by atoms with van der Waals surface area (Å²) >= 11 is 0. The van der Waals surface area contributed by atoms with E-state index in [1.807, 2.05) is 0 Å². The van der Waals surface area contributed by atoms with Crippen LogP contribution >= 0.6 is 7.60 Å². The van der Waals surface area contributed by atoms with E-state index in [2.05, 4.69) is 0 Å². The Labute approximate surface area is 52.1 Å². The van der Waals surface area contributed by atoms with E-state index in [1.165, 1.54) is 0 Å². The first kappa shape index (κ1) is 9.07. The van der Waals surface area contributed by atoms with Crippen molar-refractivity contribution < 1.29 is 24.6 Å². The van der Waals surface area contributed by atoms with Crippen molar-refractivity contribution >= 4 is 7.60 Å². The smallest absolute Gasteiger partial charge is 0.356 e. The number of rotatable bonds is 2. The second-order valence-electron chi connectivity index (χ2n) is 1.74. The lowest BCUT2D eigenvalue weighted by atomic mass is 10.4. The van der Waals surface area contributed by atoms with Gasteiger partial charge in [0.25, 0.3) is 0 Å². The lowest BCUT2D eigenvalue weighted by Crippen LogP contribution is -2.21. The maximum atomic E-state index is 10.1. The summed E-state index contributed by atoms with van der Waals surface area (Å²) in [5.41, 5.74) is 0. The van der Waals surface area contributed by atoms with Crippen LogP contribution in [-0.2, 0) is 4.57 Å². The summed E-state index contributed by atoms with van der Waals surface area (Å²) in [7, 11) is -4.51. The number of aliphatic hydroxyl groups is 2. The Bertz CT molecular complexity index is 126. The third-order valence-corrected chi connectivity index (χ3v) is 1.90. The molecule has 0 aromatic rings. The first-order valence-corrected chi connectivity index (χ1v) is 3.95. The van der Waals surface area contributed by atoms with Crippen LogP contribution in [-0.4, -0.2) is 31.9 Å². The van der Waals surface area contributed by atoms with Gasteiger partial charge in [-0.25, -0.2) is 0 Å². The number of aliphatic hydroxyl groups excluding tert-OH is 2. The van der Waals surface area contributed by atoms with Crippen LogP contribution in [0.1, 0.15) is 6.92 Å². The van der Waals surface area contributed by atoms with Gasteiger partial charge in [0.1, 0.15) is 0 Å². The molecule has 0 saturated heterocycles. The van der Waals surface area contributed by atoms with Gasteiger partial charge in [-0.2, -0.15) is 0 Å². The molecule has 0 spiro atoms. The van der Waals surface area contributed by atoms with Crippen LogP contribution in [0.4, 0.5) is 0 Å². The van der Waals surface area contributed by atoms with Crippen molar-refractivity contribution in [2.24, 2.45) is 0 Å². The predicted molar refractivity (Wildman–Crippen MR) is 29.7 cm³/mol. The van der Waals surface area contributed by atoms with Gasteiger partial charge in [0.2, 0.25) is 0 Å². The fraction of sp³-hybridized carbons (Fsp3) is 1.00. The second-order valence-corrected chi connectivity index (χ2v) is 3.45. The van der Waals surface area contributed by atoms with Crippen LogP contribution in [0.5, 0.6) is 0 Å². The molecule has 0 aliphatic carbocycles. The van der Waals surface area contributed by atoms with Gasteiger partial charge in [-0.05, 0) is 6.92 Å². The Morgan fingerprint density at radius 2 is 1.67 bits per heavy atom. The highest BCUT2D eigenvalue weighted by atomic mass is 31.2. The Hall–Kier alpha value is 0.0700. The summed E-state index contributed by atoms with van der Waals surface area (Å²) in [5, 5.41) is 16.9. The van der Waals surface area contributed by atoms with E-state index in [9.17, 15) is 4.57 Å². The van der Waals surface area contributed by atoms with Crippen molar-refractivity contribution in [2.75, 3.05) is 0 Å². The molecule has 0 bridgehead atoms. The van der Waals surface area contributed by atoms with Gasteiger partial charge in [0.15, 0.2) is 5.85 Å². The highest BCUT2D eigenvalue weighted by Gasteiger charge is 2.30. The molecule has 4 N–H and O–H groups in total. The molecule has 0 saturated carbocycles. The summed E-state index contributed by atoms with van der Waals surface area (Å²) in [4.78, 5) is 16.3. The van der Waals surface area contributed by atoms with Gasteiger partial charge < -0.3 is 20.0 Å². The molecule has 5 nitrogen and oxygen atoms in total. The van der Waals surface area contributed by atoms with Gasteiger partial charge in [0.05, 0.1) is 6.10 Å². The van der Waals surface area contributed by atoms with E-state index < -0.39 is 19.5 Å². The monoisotopic (exact) mass is 156 g/mol. The first-order chi connectivity index (χ1) is 3.85. The van der Waals surface area contributed by atoms with Gasteiger partial charge in [-0.1, -0.05) is 0 Å². The SMILES string of the molecule is C[C@H](O)[C@H](O)P(=O)(O)O. The van der Waals surface area contributed by atoms with Crippen LogP contribution in [0.15, 0.2) is 0 Å². The van der Waals surface area contributed by atoms with Crippen molar-refractivity contribution in [3.8, 4) is 0 Å². The molecule has 0 rings (SSSR count). The molecule has 0 aromatic heterocycles. The topological polar surface area (TPSA) is 98.0 Å². The second kappa shape index (κ2) is 2.77. The maximum absolute atomic E-state index is 10.1. The normalized spacial score (nSPS) is 19.2. The lowest BCUT2D eigenvalue weighted by molar-refractivity contribution is 0.0641. The summed E-state index contributed by atoms with van der Waals surface area (Å²) in [5.74, 6) is -1.96. The highest BCUT2D eigenvalue weighted by molar-refractivity contribution is 7.52. The van der Waals surface area contributed by atoms with Crippen molar-refractivity contribution in [3.05, 3.63) is 0 Å². The summed E-state index contributed by atoms with van der Waals surface area (Å²) in [6.45, 7) is 1.10. The van der Waals surface area contributed by atoms with E-state index in [1.54, 1.807) is 0 Å². The Balaban J connectivity index is 4.05. The molecule has 0 aliphatic rings. The Morgan fingerprint density at radius 1 is 1.33 bits per heavy atom. The average Bonchev–Trinajstić information content (AvgIpc) is 1.62. The zero-order chi connectivity index (χ0) is 7.65. The van der Waals surface area contributed by atoms with Crippen molar-refractivity contribution in [2.45, 2.75) is 18.9 Å². The van der Waals surface area contributed by atoms with Crippen LogP contribution in [0.3, 0.4) is 0 Å². The number of hydrogen-bond acceptors (Lipinski definition) is 3. The Kier molecular flexibility index (Phi) is 2.79. The van der Waals surface area contributed by atoms with Gasteiger partial charge in [-0.15, -0.1) is 0 Å². The van der Waals surface area contributed by atoms with E-state index in [0.29, 0.717) is 0 Å². The minimum absolute atomic E-state index is 1.10. The third kappa shape index (κ3) is 2.93. The van der Waals surface area contributed by atoms with Crippen LogP contribution < -0.4 is 0 Å². The molecule has 0 radical (unpaired) electrons. The molecule has 0 heterocycles. The molecule has 56 valence electrons. The zero-order valence-corrected chi connectivity index (χ0v) is 5.69. The van der Waals surface area contributed by atoms with Gasteiger partial charge in [-0.3, -0.25) is 4.57 Å². The van der Waals surface area contributed by atoms with Crippen LogP contribution in [0.25, 0.3) is 0 Å². The third-order valence-electron chi connectivity index (χ3n) is 0.776. The molecular formula is C3H9O5P. The summed E-state index contributed by atoms with van der Waals surface area (Å²) in [6, 6.07) is 0. The molecule has 9 heavy (non-hydrogen) atoms. The average molecular weight is 156 g/mol. The van der Waals surface area contributed by atoms with Crippen molar-refractivity contribution in [3.63, 3.8) is 0 Å². The first-order valence-electron chi connectivity index (χ1n) is 2.27. The molecule has 0 aromatic carbocycles. The molecule has 0 fully saturated rings. The van der Waals surface area contributed by atoms with E-state index in [0.717, 1.165) is 6.92 Å². The fourth-order valence-corrected chi connectivity index (χ4v) is 0.843. The Morgan fingerprint density at radius 3 is 1.67 bits per heavy atom.